The van der Waals surface area contributed by atoms with Crippen molar-refractivity contribution in [2.45, 2.75) is 46.6 Å². The summed E-state index contributed by atoms with van der Waals surface area (Å²) in [5.74, 6) is 0.309. The van der Waals surface area contributed by atoms with Gasteiger partial charge in [-0.05, 0) is 32.3 Å². The van der Waals surface area contributed by atoms with E-state index in [1.165, 1.54) is 0 Å². The Morgan fingerprint density at radius 3 is 2.63 bits per heavy atom. The minimum Gasteiger partial charge on any atom is -0.396 e. The molecule has 0 saturated carbocycles. The van der Waals surface area contributed by atoms with E-state index < -0.39 is 0 Å². The van der Waals surface area contributed by atoms with E-state index in [-0.39, 0.29) is 12.5 Å². The van der Waals surface area contributed by atoms with E-state index in [0.29, 0.717) is 37.7 Å². The first kappa shape index (κ1) is 15.7. The molecule has 0 aliphatic carbocycles. The molecule has 1 amide bonds. The minimum absolute atomic E-state index is 0.00259. The van der Waals surface area contributed by atoms with E-state index in [9.17, 15) is 4.79 Å². The Bertz CT molecular complexity index is 413. The molecule has 0 unspecified atom stereocenters. The molecule has 0 aromatic carbocycles. The summed E-state index contributed by atoms with van der Waals surface area (Å²) >= 11 is 0. The van der Waals surface area contributed by atoms with Crippen LogP contribution in [0.2, 0.25) is 0 Å². The van der Waals surface area contributed by atoms with E-state index in [2.05, 4.69) is 18.9 Å². The predicted octanol–water partition coefficient (Wildman–Crippen LogP) is 1.87. The van der Waals surface area contributed by atoms with Gasteiger partial charge in [-0.1, -0.05) is 13.8 Å². The van der Waals surface area contributed by atoms with Gasteiger partial charge in [0.2, 0.25) is 0 Å². The maximum absolute atomic E-state index is 12.5. The van der Waals surface area contributed by atoms with Gasteiger partial charge in [0.05, 0.1) is 5.69 Å². The Kier molecular flexibility index (Phi) is 6.02. The topological polar surface area (TPSA) is 58.4 Å². The van der Waals surface area contributed by atoms with Crippen molar-refractivity contribution in [2.75, 3.05) is 19.7 Å². The van der Waals surface area contributed by atoms with Gasteiger partial charge in [0, 0.05) is 26.2 Å². The third-order valence-corrected chi connectivity index (χ3v) is 3.16. The van der Waals surface area contributed by atoms with Crippen LogP contribution < -0.4 is 0 Å². The van der Waals surface area contributed by atoms with Crippen LogP contribution in [0.3, 0.4) is 0 Å². The van der Waals surface area contributed by atoms with Crippen molar-refractivity contribution < 1.29 is 9.90 Å². The number of carbonyl (C=O) groups excluding carboxylic acids is 1. The van der Waals surface area contributed by atoms with Crippen LogP contribution in [0.5, 0.6) is 0 Å². The van der Waals surface area contributed by atoms with Crippen LogP contribution >= 0.6 is 0 Å². The van der Waals surface area contributed by atoms with Gasteiger partial charge < -0.3 is 10.0 Å². The largest absolute Gasteiger partial charge is 0.396 e. The lowest BCUT2D eigenvalue weighted by atomic mass is 10.1. The van der Waals surface area contributed by atoms with E-state index in [1.54, 1.807) is 9.58 Å². The molecule has 1 aromatic rings. The molecule has 1 rings (SSSR count). The molecular formula is C14H25N3O2. The van der Waals surface area contributed by atoms with Crippen LogP contribution in [-0.2, 0) is 6.54 Å². The Morgan fingerprint density at radius 1 is 1.47 bits per heavy atom. The van der Waals surface area contributed by atoms with Crippen LogP contribution in [0, 0.1) is 0 Å². The molecule has 0 saturated heterocycles. The average molecular weight is 267 g/mol. The second-order valence-electron chi connectivity index (χ2n) is 4.89. The zero-order valence-electron chi connectivity index (χ0n) is 12.4. The summed E-state index contributed by atoms with van der Waals surface area (Å²) in [5, 5.41) is 13.4. The highest BCUT2D eigenvalue weighted by Crippen LogP contribution is 2.16. The third-order valence-electron chi connectivity index (χ3n) is 3.16. The highest BCUT2D eigenvalue weighted by Gasteiger charge is 2.20. The minimum atomic E-state index is -0.00259. The van der Waals surface area contributed by atoms with Gasteiger partial charge in [0.25, 0.3) is 5.91 Å². The van der Waals surface area contributed by atoms with Crippen LogP contribution in [0.25, 0.3) is 0 Å². The number of aromatic nitrogens is 2. The fraction of sp³-hybridized carbons (Fsp3) is 0.714. The number of nitrogens with zero attached hydrogens (tertiary/aromatic N) is 3. The van der Waals surface area contributed by atoms with Crippen LogP contribution in [0.15, 0.2) is 6.07 Å². The van der Waals surface area contributed by atoms with Crippen molar-refractivity contribution in [3.8, 4) is 0 Å². The fourth-order valence-corrected chi connectivity index (χ4v) is 1.96. The molecule has 5 nitrogen and oxygen atoms in total. The Hall–Kier alpha value is -1.36. The number of aliphatic hydroxyl groups excluding tert-OH is 1. The first-order valence-electron chi connectivity index (χ1n) is 7.02. The third kappa shape index (κ3) is 3.80. The molecule has 0 radical (unpaired) electrons. The molecule has 5 heteroatoms. The molecule has 19 heavy (non-hydrogen) atoms. The smallest absolute Gasteiger partial charge is 0.272 e. The molecule has 0 bridgehead atoms. The summed E-state index contributed by atoms with van der Waals surface area (Å²) in [5.41, 5.74) is 1.59. The standard InChI is InChI=1S/C14H25N3O2/c1-5-16(8-7-9-18)14(19)13-10-12(11(3)4)15-17(13)6-2/h10-11,18H,5-9H2,1-4H3. The fourth-order valence-electron chi connectivity index (χ4n) is 1.96. The lowest BCUT2D eigenvalue weighted by molar-refractivity contribution is 0.0742. The molecular weight excluding hydrogens is 242 g/mol. The highest BCUT2D eigenvalue weighted by atomic mass is 16.3. The predicted molar refractivity (Wildman–Crippen MR) is 75.3 cm³/mol. The van der Waals surface area contributed by atoms with Crippen molar-refractivity contribution in [3.63, 3.8) is 0 Å². The molecule has 1 aromatic heterocycles. The van der Waals surface area contributed by atoms with Gasteiger partial charge >= 0.3 is 0 Å². The van der Waals surface area contributed by atoms with Crippen molar-refractivity contribution in [1.82, 2.24) is 14.7 Å². The highest BCUT2D eigenvalue weighted by molar-refractivity contribution is 5.92. The summed E-state index contributed by atoms with van der Waals surface area (Å²) in [4.78, 5) is 14.2. The first-order chi connectivity index (χ1) is 9.04. The summed E-state index contributed by atoms with van der Waals surface area (Å²) in [7, 11) is 0. The van der Waals surface area contributed by atoms with Crippen molar-refractivity contribution >= 4 is 5.91 Å². The van der Waals surface area contributed by atoms with Crippen molar-refractivity contribution in [3.05, 3.63) is 17.5 Å². The number of aliphatic hydroxyl groups is 1. The Balaban J connectivity index is 2.96. The number of hydrogen-bond donors (Lipinski definition) is 1. The first-order valence-corrected chi connectivity index (χ1v) is 7.02. The summed E-state index contributed by atoms with van der Waals surface area (Å²) < 4.78 is 1.76. The zero-order valence-corrected chi connectivity index (χ0v) is 12.4. The summed E-state index contributed by atoms with van der Waals surface area (Å²) in [6, 6.07) is 1.89. The summed E-state index contributed by atoms with van der Waals surface area (Å²) in [6.07, 6.45) is 0.608. The normalized spacial score (nSPS) is 11.1. The van der Waals surface area contributed by atoms with Gasteiger partial charge in [-0.25, -0.2) is 0 Å². The monoisotopic (exact) mass is 267 g/mol. The van der Waals surface area contributed by atoms with Crippen LogP contribution in [0.4, 0.5) is 0 Å². The molecule has 108 valence electrons. The van der Waals surface area contributed by atoms with Gasteiger partial charge in [-0.2, -0.15) is 5.10 Å². The quantitative estimate of drug-likeness (QED) is 0.820. The van der Waals surface area contributed by atoms with Crippen molar-refractivity contribution in [1.29, 1.82) is 0 Å². The average Bonchev–Trinajstić information content (AvgIpc) is 2.83. The second-order valence-corrected chi connectivity index (χ2v) is 4.89. The SMILES string of the molecule is CCN(CCCO)C(=O)c1cc(C(C)C)nn1CC. The molecule has 0 aliphatic heterocycles. The number of hydrogen-bond acceptors (Lipinski definition) is 3. The molecule has 0 fully saturated rings. The second kappa shape index (κ2) is 7.28. The zero-order chi connectivity index (χ0) is 14.4. The Morgan fingerprint density at radius 2 is 2.16 bits per heavy atom. The van der Waals surface area contributed by atoms with E-state index in [1.807, 2.05) is 19.9 Å². The Labute approximate surface area is 115 Å². The lowest BCUT2D eigenvalue weighted by Gasteiger charge is -2.20. The van der Waals surface area contributed by atoms with Gasteiger partial charge in [-0.15, -0.1) is 0 Å². The van der Waals surface area contributed by atoms with Gasteiger partial charge in [0.15, 0.2) is 0 Å². The van der Waals surface area contributed by atoms with Gasteiger partial charge in [-0.3, -0.25) is 9.48 Å². The molecule has 1 N–H and O–H groups in total. The van der Waals surface area contributed by atoms with Crippen LogP contribution in [0.1, 0.15) is 56.2 Å². The molecule has 1 heterocycles. The number of aryl methyl sites for hydroxylation is 1. The number of rotatable bonds is 7. The van der Waals surface area contributed by atoms with Gasteiger partial charge in [0.1, 0.15) is 5.69 Å². The van der Waals surface area contributed by atoms with E-state index in [0.717, 1.165) is 5.69 Å². The summed E-state index contributed by atoms with van der Waals surface area (Å²) in [6.45, 7) is 10.1. The number of carbonyl (C=O) groups is 1. The lowest BCUT2D eigenvalue weighted by Crippen LogP contribution is -2.33. The number of amides is 1. The molecule has 0 atom stereocenters. The van der Waals surface area contributed by atoms with E-state index in [4.69, 9.17) is 5.11 Å². The van der Waals surface area contributed by atoms with E-state index >= 15 is 0 Å². The van der Waals surface area contributed by atoms with Crippen molar-refractivity contribution in [2.24, 2.45) is 0 Å². The maximum atomic E-state index is 12.5. The van der Waals surface area contributed by atoms with Crippen LogP contribution in [-0.4, -0.2) is 45.4 Å². The molecule has 0 aliphatic rings. The maximum Gasteiger partial charge on any atom is 0.272 e. The molecule has 0 spiro atoms.